The number of nitrogens with one attached hydrogen (secondary N) is 2. The van der Waals surface area contributed by atoms with Crippen molar-refractivity contribution in [2.45, 2.75) is 0 Å². The summed E-state index contributed by atoms with van der Waals surface area (Å²) in [5.41, 5.74) is 1.47. The molecule has 1 saturated heterocycles. The third kappa shape index (κ3) is 5.90. The molecule has 1 heterocycles. The van der Waals surface area contributed by atoms with Gasteiger partial charge < -0.3 is 15.0 Å². The number of para-hydroxylation sites is 2. The van der Waals surface area contributed by atoms with E-state index in [-0.39, 0.29) is 12.5 Å². The highest BCUT2D eigenvalue weighted by atomic mass is 32.2. The molecule has 0 aromatic heterocycles. The number of anilines is 1. The second kappa shape index (κ2) is 9.69. The van der Waals surface area contributed by atoms with E-state index in [0.29, 0.717) is 37.6 Å². The molecular weight excluding hydrogens is 390 g/mol. The fraction of sp³-hybridized carbons (Fsp3) is 0.286. The van der Waals surface area contributed by atoms with Crippen LogP contribution in [0.3, 0.4) is 0 Å². The van der Waals surface area contributed by atoms with Crippen LogP contribution in [0.25, 0.3) is 6.08 Å². The first kappa shape index (κ1) is 21.0. The van der Waals surface area contributed by atoms with Crippen LogP contribution in [0.5, 0.6) is 5.75 Å². The molecule has 154 valence electrons. The molecule has 1 amide bonds. The van der Waals surface area contributed by atoms with Crippen molar-refractivity contribution in [1.82, 2.24) is 4.31 Å². The van der Waals surface area contributed by atoms with Crippen molar-refractivity contribution in [3.05, 3.63) is 65.6 Å². The maximum Gasteiger partial charge on any atom is 0.279 e. The highest BCUT2D eigenvalue weighted by Gasteiger charge is 2.28. The van der Waals surface area contributed by atoms with Gasteiger partial charge in [-0.2, -0.15) is 4.31 Å². The summed E-state index contributed by atoms with van der Waals surface area (Å²) in [6, 6.07) is 16.6. The van der Waals surface area contributed by atoms with E-state index in [9.17, 15) is 13.2 Å². The van der Waals surface area contributed by atoms with Crippen LogP contribution in [0.1, 0.15) is 5.56 Å². The molecule has 2 aromatic carbocycles. The first-order valence-corrected chi connectivity index (χ1v) is 11.0. The summed E-state index contributed by atoms with van der Waals surface area (Å²) in [5.74, 6) is 0.488. The van der Waals surface area contributed by atoms with E-state index >= 15 is 0 Å². The summed E-state index contributed by atoms with van der Waals surface area (Å²) in [6.45, 7) is 2.22. The Morgan fingerprint density at radius 1 is 1.10 bits per heavy atom. The number of sulfonamides is 1. The standard InChI is InChI=1S/C21H25N3O4S/c1-28-20-10-6-5-9-19(20)22-21(25)17-23-12-14-24(15-13-23)29(26,27)16-11-18-7-3-2-4-8-18/h2-11,16H,12-15,17H2,1H3,(H,22,25)/p+1/b16-11+. The number of benzene rings is 2. The van der Waals surface area contributed by atoms with Crippen molar-refractivity contribution in [1.29, 1.82) is 0 Å². The van der Waals surface area contributed by atoms with Crippen molar-refractivity contribution in [3.63, 3.8) is 0 Å². The Balaban J connectivity index is 1.51. The molecule has 1 aliphatic heterocycles. The molecule has 2 aromatic rings. The van der Waals surface area contributed by atoms with Gasteiger partial charge in [0.2, 0.25) is 10.0 Å². The highest BCUT2D eigenvalue weighted by molar-refractivity contribution is 7.92. The quantitative estimate of drug-likeness (QED) is 0.701. The summed E-state index contributed by atoms with van der Waals surface area (Å²) in [6.07, 6.45) is 1.61. The number of hydrogen-bond donors (Lipinski definition) is 2. The van der Waals surface area contributed by atoms with E-state index in [1.807, 2.05) is 42.5 Å². The zero-order valence-electron chi connectivity index (χ0n) is 16.4. The van der Waals surface area contributed by atoms with Crippen molar-refractivity contribution < 1.29 is 22.8 Å². The average Bonchev–Trinajstić information content (AvgIpc) is 2.74. The second-order valence-electron chi connectivity index (χ2n) is 6.83. The summed E-state index contributed by atoms with van der Waals surface area (Å²) in [7, 11) is -1.91. The predicted octanol–water partition coefficient (Wildman–Crippen LogP) is 0.835. The Hall–Kier alpha value is -2.68. The van der Waals surface area contributed by atoms with Crippen molar-refractivity contribution in [3.8, 4) is 5.75 Å². The third-order valence-electron chi connectivity index (χ3n) is 4.81. The predicted molar refractivity (Wildman–Crippen MR) is 113 cm³/mol. The fourth-order valence-corrected chi connectivity index (χ4v) is 4.41. The van der Waals surface area contributed by atoms with Gasteiger partial charge in [0, 0.05) is 5.41 Å². The number of methoxy groups -OCH3 is 1. The van der Waals surface area contributed by atoms with Gasteiger partial charge in [0.05, 0.1) is 39.0 Å². The van der Waals surface area contributed by atoms with Crippen molar-refractivity contribution in [2.24, 2.45) is 0 Å². The van der Waals surface area contributed by atoms with Crippen LogP contribution in [0, 0.1) is 0 Å². The molecule has 3 rings (SSSR count). The molecule has 1 fully saturated rings. The maximum absolute atomic E-state index is 12.5. The van der Waals surface area contributed by atoms with Gasteiger partial charge in [-0.3, -0.25) is 4.79 Å². The molecule has 0 saturated carbocycles. The number of piperazine rings is 1. The lowest BCUT2D eigenvalue weighted by atomic mass is 10.2. The van der Waals surface area contributed by atoms with Crippen LogP contribution in [-0.2, 0) is 14.8 Å². The van der Waals surface area contributed by atoms with E-state index in [2.05, 4.69) is 5.32 Å². The van der Waals surface area contributed by atoms with Gasteiger partial charge in [0.1, 0.15) is 5.75 Å². The molecule has 0 aliphatic carbocycles. The molecule has 7 nitrogen and oxygen atoms in total. The molecule has 0 spiro atoms. The van der Waals surface area contributed by atoms with Crippen LogP contribution in [0.15, 0.2) is 60.0 Å². The van der Waals surface area contributed by atoms with Crippen molar-refractivity contribution in [2.75, 3.05) is 45.2 Å². The van der Waals surface area contributed by atoms with Gasteiger partial charge >= 0.3 is 0 Å². The Morgan fingerprint density at radius 2 is 1.76 bits per heavy atom. The Morgan fingerprint density at radius 3 is 2.45 bits per heavy atom. The minimum Gasteiger partial charge on any atom is -0.495 e. The van der Waals surface area contributed by atoms with E-state index in [1.165, 1.54) is 9.71 Å². The van der Waals surface area contributed by atoms with Gasteiger partial charge in [-0.25, -0.2) is 8.42 Å². The van der Waals surface area contributed by atoms with Crippen LogP contribution in [-0.4, -0.2) is 58.5 Å². The number of nitrogens with zero attached hydrogens (tertiary/aromatic N) is 1. The molecule has 0 bridgehead atoms. The zero-order chi connectivity index (χ0) is 20.7. The summed E-state index contributed by atoms with van der Waals surface area (Å²) in [5, 5.41) is 4.11. The van der Waals surface area contributed by atoms with Crippen LogP contribution < -0.4 is 15.0 Å². The Bertz CT molecular complexity index is 953. The number of hydrogen-bond acceptors (Lipinski definition) is 4. The van der Waals surface area contributed by atoms with Crippen LogP contribution in [0.4, 0.5) is 5.69 Å². The van der Waals surface area contributed by atoms with Gasteiger partial charge in [-0.05, 0) is 23.8 Å². The number of carbonyl (C=O) groups excluding carboxylic acids is 1. The molecule has 0 unspecified atom stereocenters. The van der Waals surface area contributed by atoms with E-state index in [1.54, 1.807) is 25.3 Å². The number of ether oxygens (including phenoxy) is 1. The molecule has 0 atom stereocenters. The van der Waals surface area contributed by atoms with Gasteiger partial charge in [-0.15, -0.1) is 0 Å². The number of amides is 1. The smallest absolute Gasteiger partial charge is 0.279 e. The summed E-state index contributed by atoms with van der Waals surface area (Å²) >= 11 is 0. The van der Waals surface area contributed by atoms with Crippen LogP contribution >= 0.6 is 0 Å². The van der Waals surface area contributed by atoms with Gasteiger partial charge in [-0.1, -0.05) is 42.5 Å². The lowest BCUT2D eigenvalue weighted by molar-refractivity contribution is -0.895. The summed E-state index contributed by atoms with van der Waals surface area (Å²) in [4.78, 5) is 13.4. The Kier molecular flexibility index (Phi) is 7.03. The first-order valence-electron chi connectivity index (χ1n) is 9.47. The van der Waals surface area contributed by atoms with E-state index in [4.69, 9.17) is 4.74 Å². The Labute approximate surface area is 171 Å². The molecule has 29 heavy (non-hydrogen) atoms. The highest BCUT2D eigenvalue weighted by Crippen LogP contribution is 2.22. The van der Waals surface area contributed by atoms with Gasteiger partial charge in [0.25, 0.3) is 5.91 Å². The first-order chi connectivity index (χ1) is 14.0. The van der Waals surface area contributed by atoms with Gasteiger partial charge in [0.15, 0.2) is 6.54 Å². The number of carbonyl (C=O) groups is 1. The zero-order valence-corrected chi connectivity index (χ0v) is 17.2. The fourth-order valence-electron chi connectivity index (χ4n) is 3.22. The minimum absolute atomic E-state index is 0.121. The lowest BCUT2D eigenvalue weighted by Gasteiger charge is -2.30. The number of rotatable bonds is 7. The topological polar surface area (TPSA) is 80.2 Å². The monoisotopic (exact) mass is 416 g/mol. The third-order valence-corrected chi connectivity index (χ3v) is 6.38. The van der Waals surface area contributed by atoms with Crippen LogP contribution in [0.2, 0.25) is 0 Å². The largest absolute Gasteiger partial charge is 0.495 e. The second-order valence-corrected chi connectivity index (χ2v) is 8.65. The van der Waals surface area contributed by atoms with E-state index < -0.39 is 10.0 Å². The minimum atomic E-state index is -3.47. The number of quaternary nitrogens is 1. The molecule has 2 N–H and O–H groups in total. The molecule has 8 heteroatoms. The van der Waals surface area contributed by atoms with Crippen molar-refractivity contribution >= 4 is 27.7 Å². The summed E-state index contributed by atoms with van der Waals surface area (Å²) < 4.78 is 31.8. The van der Waals surface area contributed by atoms with E-state index in [0.717, 1.165) is 10.5 Å². The molecular formula is C21H26N3O4S+. The average molecular weight is 417 g/mol. The SMILES string of the molecule is COc1ccccc1NC(=O)C[NH+]1CCN(S(=O)(=O)/C=C/c2ccccc2)CC1. The lowest BCUT2D eigenvalue weighted by Crippen LogP contribution is -3.15. The normalized spacial score (nSPS) is 16.0. The maximum atomic E-state index is 12.5. The molecule has 1 aliphatic rings. The molecule has 0 radical (unpaired) electrons.